The molecule has 0 N–H and O–H groups in total. The van der Waals surface area contributed by atoms with Crippen molar-refractivity contribution >= 4 is 50.0 Å². The lowest BCUT2D eigenvalue weighted by Crippen LogP contribution is -2.17. The van der Waals surface area contributed by atoms with Gasteiger partial charge in [-0.25, -0.2) is 0 Å². The molecule has 276 valence electrons. The predicted octanol–water partition coefficient (Wildman–Crippen LogP) is 15.6. The van der Waals surface area contributed by atoms with Crippen LogP contribution < -0.4 is 9.80 Å². The Kier molecular flexibility index (Phi) is 9.43. The van der Waals surface area contributed by atoms with Crippen molar-refractivity contribution < 1.29 is 0 Å². The average Bonchev–Trinajstić information content (AvgIpc) is 3.31. The summed E-state index contributed by atoms with van der Waals surface area (Å²) in [6.07, 6.45) is 7.99. The maximum absolute atomic E-state index is 2.39. The molecule has 0 saturated carbocycles. The summed E-state index contributed by atoms with van der Waals surface area (Å²) in [5.41, 5.74) is 12.9. The van der Waals surface area contributed by atoms with Crippen molar-refractivity contribution in [3.8, 4) is 22.3 Å². The van der Waals surface area contributed by atoms with Crippen molar-refractivity contribution in [3.05, 3.63) is 248 Å². The maximum atomic E-state index is 2.39. The van der Waals surface area contributed by atoms with Gasteiger partial charge in [0, 0.05) is 40.1 Å². The van der Waals surface area contributed by atoms with E-state index in [2.05, 4.69) is 246 Å². The fourth-order valence-electron chi connectivity index (χ4n) is 8.29. The van der Waals surface area contributed by atoms with Crippen LogP contribution in [0.3, 0.4) is 0 Å². The molecule has 0 aromatic heterocycles. The molecular formula is C56H42N2. The number of hydrogen-bond donors (Lipinski definition) is 0. The monoisotopic (exact) mass is 742 g/mol. The molecule has 2 heteroatoms. The van der Waals surface area contributed by atoms with Gasteiger partial charge in [0.05, 0.1) is 0 Å². The van der Waals surface area contributed by atoms with Gasteiger partial charge in [-0.2, -0.15) is 0 Å². The Morgan fingerprint density at radius 3 is 1.21 bits per heavy atom. The summed E-state index contributed by atoms with van der Waals surface area (Å²) in [5.74, 6) is 0.375. The van der Waals surface area contributed by atoms with Crippen LogP contribution in [0.4, 0.5) is 28.4 Å². The molecule has 9 aromatic rings. The zero-order valence-electron chi connectivity index (χ0n) is 32.2. The predicted molar refractivity (Wildman–Crippen MR) is 247 cm³/mol. The fraction of sp³-hybridized carbons (Fsp3) is 0.0357. The van der Waals surface area contributed by atoms with Gasteiger partial charge >= 0.3 is 0 Å². The van der Waals surface area contributed by atoms with E-state index in [9.17, 15) is 0 Å². The standard InChI is InChI=1S/C56H42N2/c1-3-11-41(12-4-1)45-19-29-51(30-20-45)57(55-37-27-43-15-7-9-17-49(43)39-55)53-33-23-47(24-34-53)48-25-35-54(36-26-48)58(56-38-28-44-16-8-10-18-50(44)40-56)52-31-21-46(22-32-52)42-13-5-2-6-14-42/h1-21,23-40,46H,22H2. The largest absolute Gasteiger partial charge is 0.311 e. The molecule has 0 heterocycles. The van der Waals surface area contributed by atoms with E-state index in [0.29, 0.717) is 5.92 Å². The van der Waals surface area contributed by atoms with Gasteiger partial charge in [-0.3, -0.25) is 0 Å². The fourth-order valence-corrected chi connectivity index (χ4v) is 8.29. The van der Waals surface area contributed by atoms with Gasteiger partial charge in [0.25, 0.3) is 0 Å². The number of allylic oxidation sites excluding steroid dienone is 3. The smallest absolute Gasteiger partial charge is 0.0468 e. The topological polar surface area (TPSA) is 6.48 Å². The van der Waals surface area contributed by atoms with Crippen LogP contribution in [0.1, 0.15) is 17.9 Å². The normalized spacial score (nSPS) is 13.7. The summed E-state index contributed by atoms with van der Waals surface area (Å²) >= 11 is 0. The van der Waals surface area contributed by atoms with Crippen LogP contribution >= 0.6 is 0 Å². The van der Waals surface area contributed by atoms with Crippen LogP contribution in [-0.2, 0) is 0 Å². The zero-order chi connectivity index (χ0) is 38.7. The van der Waals surface area contributed by atoms with E-state index in [-0.39, 0.29) is 0 Å². The minimum atomic E-state index is 0.375. The molecule has 10 rings (SSSR count). The van der Waals surface area contributed by atoms with Crippen molar-refractivity contribution in [2.24, 2.45) is 0 Å². The summed E-state index contributed by atoms with van der Waals surface area (Å²) in [5, 5.41) is 4.92. The van der Waals surface area contributed by atoms with Gasteiger partial charge in [-0.1, -0.05) is 170 Å². The first-order valence-corrected chi connectivity index (χ1v) is 20.1. The molecule has 58 heavy (non-hydrogen) atoms. The van der Waals surface area contributed by atoms with E-state index < -0.39 is 0 Å². The molecule has 1 aliphatic carbocycles. The van der Waals surface area contributed by atoms with Gasteiger partial charge in [0.1, 0.15) is 0 Å². The summed E-state index contributed by atoms with van der Waals surface area (Å²) in [6, 6.07) is 78.9. The van der Waals surface area contributed by atoms with E-state index in [1.165, 1.54) is 55.1 Å². The summed E-state index contributed by atoms with van der Waals surface area (Å²) in [7, 11) is 0. The second kappa shape index (κ2) is 15.6. The first-order chi connectivity index (χ1) is 28.7. The average molecular weight is 743 g/mol. The second-order valence-corrected chi connectivity index (χ2v) is 15.0. The Morgan fingerprint density at radius 2 is 0.724 bits per heavy atom. The van der Waals surface area contributed by atoms with Crippen LogP contribution in [-0.4, -0.2) is 0 Å². The Bertz CT molecular complexity index is 2890. The Balaban J connectivity index is 0.969. The van der Waals surface area contributed by atoms with Gasteiger partial charge < -0.3 is 9.80 Å². The first-order valence-electron chi connectivity index (χ1n) is 20.1. The van der Waals surface area contributed by atoms with Crippen molar-refractivity contribution in [1.29, 1.82) is 0 Å². The highest BCUT2D eigenvalue weighted by molar-refractivity contribution is 5.90. The van der Waals surface area contributed by atoms with E-state index in [0.717, 1.165) is 34.9 Å². The molecule has 0 aliphatic heterocycles. The molecule has 2 nitrogen and oxygen atoms in total. The highest BCUT2D eigenvalue weighted by Gasteiger charge is 2.19. The minimum absolute atomic E-state index is 0.375. The summed E-state index contributed by atoms with van der Waals surface area (Å²) in [4.78, 5) is 4.74. The van der Waals surface area contributed by atoms with E-state index >= 15 is 0 Å². The molecule has 1 unspecified atom stereocenters. The van der Waals surface area contributed by atoms with Crippen LogP contribution in [0, 0.1) is 0 Å². The SMILES string of the molecule is C1=CC(c2ccccc2)CC=C1N(c1ccc(-c2ccc(N(c3ccc(-c4ccccc4)cc3)c3ccc4ccccc4c3)cc2)cc1)c1ccc2ccccc2c1. The second-order valence-electron chi connectivity index (χ2n) is 15.0. The van der Waals surface area contributed by atoms with Crippen LogP contribution in [0.2, 0.25) is 0 Å². The van der Waals surface area contributed by atoms with Crippen LogP contribution in [0.5, 0.6) is 0 Å². The zero-order valence-corrected chi connectivity index (χ0v) is 32.2. The van der Waals surface area contributed by atoms with Crippen LogP contribution in [0.15, 0.2) is 242 Å². The first kappa shape index (κ1) is 35.0. The molecular weight excluding hydrogens is 701 g/mol. The Labute approximate surface area is 340 Å². The number of benzene rings is 9. The van der Waals surface area contributed by atoms with Gasteiger partial charge in [-0.05, 0) is 123 Å². The molecule has 1 aliphatic rings. The van der Waals surface area contributed by atoms with Gasteiger partial charge in [-0.15, -0.1) is 0 Å². The number of nitrogens with zero attached hydrogens (tertiary/aromatic N) is 2. The van der Waals surface area contributed by atoms with Crippen LogP contribution in [0.25, 0.3) is 43.8 Å². The lowest BCUT2D eigenvalue weighted by molar-refractivity contribution is 0.840. The molecule has 0 radical (unpaired) electrons. The molecule has 9 aromatic carbocycles. The van der Waals surface area contributed by atoms with Gasteiger partial charge in [0.2, 0.25) is 0 Å². The minimum Gasteiger partial charge on any atom is -0.311 e. The third-order valence-corrected chi connectivity index (χ3v) is 11.4. The summed E-state index contributed by atoms with van der Waals surface area (Å²) < 4.78 is 0. The third kappa shape index (κ3) is 7.09. The number of fused-ring (bicyclic) bond motifs is 2. The maximum Gasteiger partial charge on any atom is 0.0468 e. The molecule has 0 amide bonds. The number of anilines is 5. The molecule has 0 saturated heterocycles. The molecule has 0 spiro atoms. The Morgan fingerprint density at radius 1 is 0.328 bits per heavy atom. The molecule has 0 fully saturated rings. The van der Waals surface area contributed by atoms with Crippen molar-refractivity contribution in [1.82, 2.24) is 0 Å². The lowest BCUT2D eigenvalue weighted by atomic mass is 9.91. The highest BCUT2D eigenvalue weighted by atomic mass is 15.1. The highest BCUT2D eigenvalue weighted by Crippen LogP contribution is 2.40. The van der Waals surface area contributed by atoms with E-state index in [4.69, 9.17) is 0 Å². The summed E-state index contributed by atoms with van der Waals surface area (Å²) in [6.45, 7) is 0. The number of rotatable bonds is 9. The third-order valence-electron chi connectivity index (χ3n) is 11.4. The molecule has 0 bridgehead atoms. The quantitative estimate of drug-likeness (QED) is 0.145. The van der Waals surface area contributed by atoms with Gasteiger partial charge in [0.15, 0.2) is 0 Å². The van der Waals surface area contributed by atoms with Crippen molar-refractivity contribution in [3.63, 3.8) is 0 Å². The van der Waals surface area contributed by atoms with E-state index in [1.54, 1.807) is 0 Å². The van der Waals surface area contributed by atoms with Crippen molar-refractivity contribution in [2.75, 3.05) is 9.80 Å². The number of hydrogen-bond acceptors (Lipinski definition) is 2. The van der Waals surface area contributed by atoms with Crippen molar-refractivity contribution in [2.45, 2.75) is 12.3 Å². The van der Waals surface area contributed by atoms with E-state index in [1.807, 2.05) is 0 Å². The molecule has 1 atom stereocenters. The lowest BCUT2D eigenvalue weighted by Gasteiger charge is -2.29. The Hall–Kier alpha value is -7.42.